The smallest absolute Gasteiger partial charge is 0.254 e. The molecule has 1 aromatic rings. The summed E-state index contributed by atoms with van der Waals surface area (Å²) in [6.45, 7) is 4.97. The van der Waals surface area contributed by atoms with Crippen LogP contribution in [0.25, 0.3) is 0 Å². The highest BCUT2D eigenvalue weighted by molar-refractivity contribution is 5.99. The normalized spacial score (nSPS) is 18.6. The van der Waals surface area contributed by atoms with Crippen LogP contribution in [0.1, 0.15) is 42.6 Å². The molecule has 0 bridgehead atoms. The van der Waals surface area contributed by atoms with E-state index in [9.17, 15) is 4.79 Å². The molecule has 1 fully saturated rings. The van der Waals surface area contributed by atoms with Crippen molar-refractivity contribution >= 4 is 11.7 Å². The van der Waals surface area contributed by atoms with Gasteiger partial charge in [-0.15, -0.1) is 0 Å². The highest BCUT2D eigenvalue weighted by Crippen LogP contribution is 2.29. The molecule has 1 aromatic carbocycles. The molecule has 1 amide bonds. The van der Waals surface area contributed by atoms with Crippen molar-refractivity contribution in [2.75, 3.05) is 6.54 Å². The van der Waals surface area contributed by atoms with E-state index in [2.05, 4.69) is 19.0 Å². The first kappa shape index (κ1) is 13.4. The predicted molar refractivity (Wildman–Crippen MR) is 73.3 cm³/mol. The number of hydrogen-bond acceptors (Lipinski definition) is 3. The molecule has 102 valence electrons. The van der Waals surface area contributed by atoms with Gasteiger partial charge in [-0.1, -0.05) is 17.3 Å². The zero-order valence-electron chi connectivity index (χ0n) is 11.3. The van der Waals surface area contributed by atoms with Crippen LogP contribution in [0.3, 0.4) is 0 Å². The molecule has 3 N–H and O–H groups in total. The molecular weight excluding hydrogens is 242 g/mol. The topological polar surface area (TPSA) is 78.9 Å². The fourth-order valence-corrected chi connectivity index (χ4v) is 2.48. The Morgan fingerprint density at radius 1 is 1.32 bits per heavy atom. The van der Waals surface area contributed by atoms with Crippen molar-refractivity contribution in [2.24, 2.45) is 10.9 Å². The second-order valence-corrected chi connectivity index (χ2v) is 5.44. The molecule has 0 radical (unpaired) electrons. The van der Waals surface area contributed by atoms with E-state index in [1.165, 1.54) is 0 Å². The molecule has 1 aliphatic rings. The number of benzene rings is 1. The largest absolute Gasteiger partial charge is 0.409 e. The molecule has 19 heavy (non-hydrogen) atoms. The molecule has 0 aliphatic carbocycles. The highest BCUT2D eigenvalue weighted by Gasteiger charge is 2.35. The van der Waals surface area contributed by atoms with E-state index in [4.69, 9.17) is 10.9 Å². The lowest BCUT2D eigenvalue weighted by molar-refractivity contribution is 0.0652. The number of nitrogens with two attached hydrogens (primary N) is 1. The molecule has 1 saturated heterocycles. The Morgan fingerprint density at radius 3 is 2.37 bits per heavy atom. The molecule has 0 saturated carbocycles. The van der Waals surface area contributed by atoms with Gasteiger partial charge in [-0.05, 0) is 38.8 Å². The molecular formula is C14H19N3O2. The van der Waals surface area contributed by atoms with Crippen LogP contribution >= 0.6 is 0 Å². The third-order valence-electron chi connectivity index (χ3n) is 3.68. The van der Waals surface area contributed by atoms with Crippen molar-refractivity contribution in [1.82, 2.24) is 4.90 Å². The van der Waals surface area contributed by atoms with Gasteiger partial charge in [0.25, 0.3) is 5.91 Å². The quantitative estimate of drug-likeness (QED) is 0.369. The van der Waals surface area contributed by atoms with Gasteiger partial charge in [0.2, 0.25) is 0 Å². The Morgan fingerprint density at radius 2 is 1.89 bits per heavy atom. The Kier molecular flexibility index (Phi) is 3.46. The molecule has 2 rings (SSSR count). The lowest BCUT2D eigenvalue weighted by Gasteiger charge is -2.31. The van der Waals surface area contributed by atoms with Crippen molar-refractivity contribution in [3.63, 3.8) is 0 Å². The van der Waals surface area contributed by atoms with Gasteiger partial charge >= 0.3 is 0 Å². The summed E-state index contributed by atoms with van der Waals surface area (Å²) in [6.07, 6.45) is 2.07. The molecule has 0 spiro atoms. The second kappa shape index (κ2) is 4.91. The van der Waals surface area contributed by atoms with Crippen LogP contribution in [0.4, 0.5) is 0 Å². The Bertz CT molecular complexity index is 506. The molecule has 0 aromatic heterocycles. The molecule has 0 atom stereocenters. The first-order valence-electron chi connectivity index (χ1n) is 6.35. The van der Waals surface area contributed by atoms with Crippen LogP contribution in [-0.2, 0) is 0 Å². The Balaban J connectivity index is 2.21. The summed E-state index contributed by atoms with van der Waals surface area (Å²) in [6, 6.07) is 6.80. The van der Waals surface area contributed by atoms with Crippen molar-refractivity contribution in [3.8, 4) is 0 Å². The van der Waals surface area contributed by atoms with Gasteiger partial charge in [-0.2, -0.15) is 0 Å². The van der Waals surface area contributed by atoms with Crippen molar-refractivity contribution < 1.29 is 10.0 Å². The van der Waals surface area contributed by atoms with Crippen molar-refractivity contribution in [1.29, 1.82) is 0 Å². The second-order valence-electron chi connectivity index (χ2n) is 5.44. The van der Waals surface area contributed by atoms with Crippen LogP contribution in [-0.4, -0.2) is 33.9 Å². The molecule has 1 aliphatic heterocycles. The molecule has 5 heteroatoms. The number of carbonyl (C=O) groups excluding carboxylic acids is 1. The first-order chi connectivity index (χ1) is 8.95. The van der Waals surface area contributed by atoms with Gasteiger partial charge in [0.15, 0.2) is 5.84 Å². The molecule has 0 unspecified atom stereocenters. The monoisotopic (exact) mass is 261 g/mol. The third kappa shape index (κ3) is 2.54. The predicted octanol–water partition coefficient (Wildman–Crippen LogP) is 1.80. The summed E-state index contributed by atoms with van der Waals surface area (Å²) >= 11 is 0. The average Bonchev–Trinajstić information content (AvgIpc) is 2.77. The standard InChI is InChI=1S/C14H19N3O2/c1-14(2)8-3-9-17(14)13(18)11-6-4-10(5-7-11)12(15)16-19/h4-7,19H,3,8-9H2,1-2H3,(H2,15,16). The maximum Gasteiger partial charge on any atom is 0.254 e. The number of likely N-dealkylation sites (tertiary alicyclic amines) is 1. The fourth-order valence-electron chi connectivity index (χ4n) is 2.48. The lowest BCUT2D eigenvalue weighted by atomic mass is 10.0. The van der Waals surface area contributed by atoms with Gasteiger partial charge in [-0.3, -0.25) is 4.79 Å². The SMILES string of the molecule is CC1(C)CCCN1C(=O)c1ccc(C(N)=NO)cc1. The summed E-state index contributed by atoms with van der Waals surface area (Å²) in [5.74, 6) is 0.0778. The first-order valence-corrected chi connectivity index (χ1v) is 6.35. The van der Waals surface area contributed by atoms with Crippen LogP contribution in [0.2, 0.25) is 0 Å². The summed E-state index contributed by atoms with van der Waals surface area (Å²) in [7, 11) is 0. The minimum absolute atomic E-state index is 0.0357. The maximum absolute atomic E-state index is 12.4. The summed E-state index contributed by atoms with van der Waals surface area (Å²) in [5.41, 5.74) is 6.63. The number of amides is 1. The van der Waals surface area contributed by atoms with E-state index >= 15 is 0 Å². The van der Waals surface area contributed by atoms with Gasteiger partial charge in [-0.25, -0.2) is 0 Å². The number of amidine groups is 1. The Labute approximate surface area is 112 Å². The number of oxime groups is 1. The van der Waals surface area contributed by atoms with E-state index in [0.717, 1.165) is 19.4 Å². The molecule has 1 heterocycles. The van der Waals surface area contributed by atoms with Gasteiger partial charge in [0.1, 0.15) is 0 Å². The summed E-state index contributed by atoms with van der Waals surface area (Å²) in [4.78, 5) is 14.3. The van der Waals surface area contributed by atoms with E-state index in [1.54, 1.807) is 24.3 Å². The highest BCUT2D eigenvalue weighted by atomic mass is 16.4. The Hall–Kier alpha value is -2.04. The zero-order valence-corrected chi connectivity index (χ0v) is 11.3. The van der Waals surface area contributed by atoms with E-state index in [-0.39, 0.29) is 17.3 Å². The van der Waals surface area contributed by atoms with Gasteiger partial charge in [0.05, 0.1) is 0 Å². The molecule has 5 nitrogen and oxygen atoms in total. The number of nitrogens with zero attached hydrogens (tertiary/aromatic N) is 2. The van der Waals surface area contributed by atoms with Crippen LogP contribution in [0, 0.1) is 0 Å². The van der Waals surface area contributed by atoms with Gasteiger partial charge < -0.3 is 15.8 Å². The zero-order chi connectivity index (χ0) is 14.0. The van der Waals surface area contributed by atoms with Crippen molar-refractivity contribution in [2.45, 2.75) is 32.2 Å². The lowest BCUT2D eigenvalue weighted by Crippen LogP contribution is -2.42. The van der Waals surface area contributed by atoms with Crippen LogP contribution in [0.5, 0.6) is 0 Å². The van der Waals surface area contributed by atoms with E-state index in [1.807, 2.05) is 4.90 Å². The van der Waals surface area contributed by atoms with Crippen LogP contribution < -0.4 is 5.73 Å². The summed E-state index contributed by atoms with van der Waals surface area (Å²) < 4.78 is 0. The van der Waals surface area contributed by atoms with Gasteiger partial charge in [0, 0.05) is 23.2 Å². The van der Waals surface area contributed by atoms with E-state index < -0.39 is 0 Å². The van der Waals surface area contributed by atoms with E-state index in [0.29, 0.717) is 11.1 Å². The number of hydrogen-bond donors (Lipinski definition) is 2. The van der Waals surface area contributed by atoms with Crippen molar-refractivity contribution in [3.05, 3.63) is 35.4 Å². The minimum Gasteiger partial charge on any atom is -0.409 e. The maximum atomic E-state index is 12.4. The summed E-state index contributed by atoms with van der Waals surface area (Å²) in [5, 5.41) is 11.5. The number of carbonyl (C=O) groups is 1. The number of rotatable bonds is 2. The van der Waals surface area contributed by atoms with Crippen LogP contribution in [0.15, 0.2) is 29.4 Å². The minimum atomic E-state index is -0.0820. The third-order valence-corrected chi connectivity index (χ3v) is 3.68. The fraction of sp³-hybridized carbons (Fsp3) is 0.429. The average molecular weight is 261 g/mol.